The third-order valence-corrected chi connectivity index (χ3v) is 6.75. The molecule has 0 saturated carbocycles. The lowest BCUT2D eigenvalue weighted by Gasteiger charge is -2.33. The van der Waals surface area contributed by atoms with E-state index in [-0.39, 0.29) is 6.03 Å². The van der Waals surface area contributed by atoms with Crippen LogP contribution in [-0.2, 0) is 13.6 Å². The van der Waals surface area contributed by atoms with E-state index < -0.39 is 5.91 Å². The molecule has 3 aromatic carbocycles. The Morgan fingerprint density at radius 3 is 2.47 bits per heavy atom. The third kappa shape index (κ3) is 4.81. The molecule has 0 radical (unpaired) electrons. The van der Waals surface area contributed by atoms with Crippen LogP contribution in [0, 0.1) is 0 Å². The summed E-state index contributed by atoms with van der Waals surface area (Å²) in [5, 5.41) is 14.3. The number of benzene rings is 3. The fourth-order valence-corrected chi connectivity index (χ4v) is 4.73. The summed E-state index contributed by atoms with van der Waals surface area (Å²) in [6.07, 6.45) is 5.02. The molecule has 1 aliphatic rings. The predicted molar refractivity (Wildman–Crippen MR) is 139 cm³/mol. The van der Waals surface area contributed by atoms with Gasteiger partial charge in [-0.2, -0.15) is 5.10 Å². The van der Waals surface area contributed by atoms with Crippen LogP contribution in [0.25, 0.3) is 22.0 Å². The smallest absolute Gasteiger partial charge is 0.324 e. The number of hydrogen-bond donors (Lipinski definition) is 2. The van der Waals surface area contributed by atoms with E-state index in [0.717, 1.165) is 65.6 Å². The van der Waals surface area contributed by atoms with Crippen LogP contribution >= 0.6 is 0 Å². The number of piperidine rings is 1. The number of hydroxylamine groups is 1. The van der Waals surface area contributed by atoms with Crippen LogP contribution in [-0.4, -0.2) is 44.9 Å². The molecule has 1 aliphatic heterocycles. The molecule has 3 amide bonds. The Balaban J connectivity index is 1.48. The van der Waals surface area contributed by atoms with Crippen LogP contribution < -0.4 is 10.4 Å². The monoisotopic (exact) mass is 483 g/mol. The van der Waals surface area contributed by atoms with E-state index in [1.54, 1.807) is 34.6 Å². The Hall–Kier alpha value is -4.17. The topological polar surface area (TPSA) is 90.7 Å². The van der Waals surface area contributed by atoms with Crippen molar-refractivity contribution < 1.29 is 14.8 Å². The summed E-state index contributed by atoms with van der Waals surface area (Å²) in [7, 11) is 1.93. The molecule has 5 rings (SSSR count). The van der Waals surface area contributed by atoms with Gasteiger partial charge in [0.15, 0.2) is 0 Å². The second-order valence-electron chi connectivity index (χ2n) is 9.15. The van der Waals surface area contributed by atoms with Gasteiger partial charge in [0.25, 0.3) is 5.91 Å². The molecule has 2 heterocycles. The zero-order chi connectivity index (χ0) is 25.1. The predicted octanol–water partition coefficient (Wildman–Crippen LogP) is 4.97. The van der Waals surface area contributed by atoms with E-state index >= 15 is 0 Å². The van der Waals surface area contributed by atoms with Gasteiger partial charge in [0.2, 0.25) is 0 Å². The van der Waals surface area contributed by atoms with Gasteiger partial charge in [-0.25, -0.2) is 10.3 Å². The Morgan fingerprint density at radius 2 is 1.72 bits per heavy atom. The van der Waals surface area contributed by atoms with Gasteiger partial charge in [0, 0.05) is 36.8 Å². The summed E-state index contributed by atoms with van der Waals surface area (Å²) >= 11 is 0. The highest BCUT2D eigenvalue weighted by molar-refractivity contribution is 5.94. The first kappa shape index (κ1) is 23.6. The van der Waals surface area contributed by atoms with Crippen LogP contribution in [0.1, 0.15) is 35.2 Å². The molecule has 0 spiro atoms. The van der Waals surface area contributed by atoms with Gasteiger partial charge in [-0.15, -0.1) is 0 Å². The third-order valence-electron chi connectivity index (χ3n) is 6.75. The molecule has 36 heavy (non-hydrogen) atoms. The van der Waals surface area contributed by atoms with Gasteiger partial charge in [0.05, 0.1) is 18.3 Å². The minimum absolute atomic E-state index is 0.0215. The number of fused-ring (bicyclic) bond motifs is 1. The van der Waals surface area contributed by atoms with Crippen molar-refractivity contribution in [3.8, 4) is 11.1 Å². The molecular weight excluding hydrogens is 454 g/mol. The van der Waals surface area contributed by atoms with Crippen molar-refractivity contribution in [2.45, 2.75) is 25.8 Å². The Bertz CT molecular complexity index is 1390. The number of aryl methyl sites for hydroxylation is 1. The van der Waals surface area contributed by atoms with Crippen molar-refractivity contribution in [1.29, 1.82) is 0 Å². The molecule has 8 nitrogen and oxygen atoms in total. The molecule has 184 valence electrons. The van der Waals surface area contributed by atoms with Crippen molar-refractivity contribution in [2.24, 2.45) is 7.05 Å². The summed E-state index contributed by atoms with van der Waals surface area (Å²) in [6.45, 7) is 1.87. The maximum Gasteiger partial charge on any atom is 0.324 e. The van der Waals surface area contributed by atoms with Crippen LogP contribution in [0.4, 0.5) is 10.5 Å². The van der Waals surface area contributed by atoms with Crippen molar-refractivity contribution in [3.05, 3.63) is 84.1 Å². The summed E-state index contributed by atoms with van der Waals surface area (Å²) in [6, 6.07) is 21.2. The number of hydrogen-bond acceptors (Lipinski definition) is 4. The van der Waals surface area contributed by atoms with E-state index in [4.69, 9.17) is 5.21 Å². The molecule has 0 unspecified atom stereocenters. The first-order chi connectivity index (χ1) is 17.5. The van der Waals surface area contributed by atoms with Gasteiger partial charge in [-0.1, -0.05) is 30.3 Å². The summed E-state index contributed by atoms with van der Waals surface area (Å²) in [4.78, 5) is 29.1. The number of amides is 3. The van der Waals surface area contributed by atoms with Gasteiger partial charge in [-0.05, 0) is 72.4 Å². The SMILES string of the molecule is Cn1ncc2cc(-c3cccc(N(Cc4ccc(C(=O)NO)cc4)C(=O)N4CCCCC4)c3)ccc21. The van der Waals surface area contributed by atoms with E-state index in [2.05, 4.69) is 23.3 Å². The van der Waals surface area contributed by atoms with Gasteiger partial charge in [0.1, 0.15) is 0 Å². The highest BCUT2D eigenvalue weighted by atomic mass is 16.5. The summed E-state index contributed by atoms with van der Waals surface area (Å²) in [5.41, 5.74) is 6.84. The molecule has 0 atom stereocenters. The molecular formula is C28H29N5O3. The number of urea groups is 1. The second-order valence-corrected chi connectivity index (χ2v) is 9.15. The minimum atomic E-state index is -0.568. The summed E-state index contributed by atoms with van der Waals surface area (Å²) < 4.78 is 1.85. The highest BCUT2D eigenvalue weighted by Crippen LogP contribution is 2.29. The van der Waals surface area contributed by atoms with Gasteiger partial charge < -0.3 is 4.90 Å². The summed E-state index contributed by atoms with van der Waals surface area (Å²) in [5.74, 6) is -0.568. The zero-order valence-electron chi connectivity index (χ0n) is 20.2. The number of nitrogens with zero attached hydrogens (tertiary/aromatic N) is 4. The Labute approximate surface area is 209 Å². The van der Waals surface area contributed by atoms with Crippen LogP contribution in [0.2, 0.25) is 0 Å². The van der Waals surface area contributed by atoms with E-state index in [1.165, 1.54) is 0 Å². The van der Waals surface area contributed by atoms with Crippen molar-refractivity contribution in [3.63, 3.8) is 0 Å². The minimum Gasteiger partial charge on any atom is -0.324 e. The number of aromatic nitrogens is 2. The van der Waals surface area contributed by atoms with Crippen molar-refractivity contribution in [2.75, 3.05) is 18.0 Å². The number of likely N-dealkylation sites (tertiary alicyclic amines) is 1. The van der Waals surface area contributed by atoms with Crippen molar-refractivity contribution in [1.82, 2.24) is 20.2 Å². The van der Waals surface area contributed by atoms with Crippen LogP contribution in [0.15, 0.2) is 72.9 Å². The molecule has 1 fully saturated rings. The van der Waals surface area contributed by atoms with Crippen molar-refractivity contribution >= 4 is 28.5 Å². The number of rotatable bonds is 5. The Morgan fingerprint density at radius 1 is 0.972 bits per heavy atom. The molecule has 8 heteroatoms. The molecule has 0 aliphatic carbocycles. The quantitative estimate of drug-likeness (QED) is 0.310. The maximum atomic E-state index is 13.7. The lowest BCUT2D eigenvalue weighted by atomic mass is 10.0. The van der Waals surface area contributed by atoms with E-state index in [1.807, 2.05) is 47.1 Å². The molecule has 4 aromatic rings. The molecule has 2 N–H and O–H groups in total. The van der Waals surface area contributed by atoms with Gasteiger partial charge >= 0.3 is 6.03 Å². The van der Waals surface area contributed by atoms with E-state index in [0.29, 0.717) is 12.1 Å². The molecule has 0 bridgehead atoms. The fourth-order valence-electron chi connectivity index (χ4n) is 4.73. The largest absolute Gasteiger partial charge is 0.324 e. The lowest BCUT2D eigenvalue weighted by molar-refractivity contribution is 0.0706. The van der Waals surface area contributed by atoms with Crippen LogP contribution in [0.3, 0.4) is 0 Å². The van der Waals surface area contributed by atoms with E-state index in [9.17, 15) is 9.59 Å². The highest BCUT2D eigenvalue weighted by Gasteiger charge is 2.24. The zero-order valence-corrected chi connectivity index (χ0v) is 20.2. The van der Waals surface area contributed by atoms with Gasteiger partial charge in [-0.3, -0.25) is 19.6 Å². The number of anilines is 1. The first-order valence-corrected chi connectivity index (χ1v) is 12.2. The maximum absolute atomic E-state index is 13.7. The number of nitrogens with one attached hydrogen (secondary N) is 1. The lowest BCUT2D eigenvalue weighted by Crippen LogP contribution is -2.45. The molecule has 1 aromatic heterocycles. The fraction of sp³-hybridized carbons (Fsp3) is 0.250. The normalized spacial score (nSPS) is 13.6. The second kappa shape index (κ2) is 10.2. The Kier molecular flexibility index (Phi) is 6.69. The first-order valence-electron chi connectivity index (χ1n) is 12.2. The van der Waals surface area contributed by atoms with Crippen LogP contribution in [0.5, 0.6) is 0 Å². The average molecular weight is 484 g/mol. The average Bonchev–Trinajstić information content (AvgIpc) is 3.31. The number of carbonyl (C=O) groups is 2. The standard InChI is InChI=1S/C28H29N5O3/c1-31-26-13-12-23(16-24(26)18-29-31)22-6-5-7-25(17-22)33(28(35)32-14-3-2-4-15-32)19-20-8-10-21(11-9-20)27(34)30-36/h5-13,16-18,36H,2-4,14-15,19H2,1H3,(H,30,34). The number of carbonyl (C=O) groups excluding carboxylic acids is 2. The molecule has 1 saturated heterocycles.